The lowest BCUT2D eigenvalue weighted by Gasteiger charge is -2.18. The van der Waals surface area contributed by atoms with Gasteiger partial charge in [-0.2, -0.15) is 0 Å². The van der Waals surface area contributed by atoms with E-state index >= 15 is 0 Å². The van der Waals surface area contributed by atoms with E-state index in [2.05, 4.69) is 11.2 Å². The van der Waals surface area contributed by atoms with Crippen molar-refractivity contribution in [3.8, 4) is 12.3 Å². The van der Waals surface area contributed by atoms with Gasteiger partial charge in [-0.1, -0.05) is 26.2 Å². The van der Waals surface area contributed by atoms with Gasteiger partial charge in [0.1, 0.15) is 11.5 Å². The third-order valence-corrected chi connectivity index (χ3v) is 3.13. The quantitative estimate of drug-likeness (QED) is 0.752. The van der Waals surface area contributed by atoms with Gasteiger partial charge in [-0.15, -0.1) is 6.42 Å². The molecule has 0 fully saturated rings. The Morgan fingerprint density at radius 3 is 2.50 bits per heavy atom. The minimum atomic E-state index is -0.448. The number of nitrogens with two attached hydrogens (primary N) is 1. The van der Waals surface area contributed by atoms with Crippen molar-refractivity contribution in [1.29, 1.82) is 0 Å². The van der Waals surface area contributed by atoms with Crippen molar-refractivity contribution in [2.45, 2.75) is 45.7 Å². The lowest BCUT2D eigenvalue weighted by Crippen LogP contribution is -2.41. The molecule has 1 aromatic rings. The second-order valence-corrected chi connectivity index (χ2v) is 4.71. The largest absolute Gasteiger partial charge is 0.383 e. The molecule has 0 amide bonds. The number of hydrogen-bond donors (Lipinski definition) is 2. The molecule has 6 heteroatoms. The molecule has 110 valence electrons. The van der Waals surface area contributed by atoms with Crippen molar-refractivity contribution >= 4 is 11.5 Å². The Balaban J connectivity index is 3.36. The zero-order chi connectivity index (χ0) is 15.3. The molecule has 0 spiro atoms. The maximum atomic E-state index is 12.2. The normalized spacial score (nSPS) is 11.9. The Labute approximate surface area is 118 Å². The first-order valence-corrected chi connectivity index (χ1v) is 6.79. The molecule has 0 saturated carbocycles. The fraction of sp³-hybridized carbons (Fsp3) is 0.571. The highest BCUT2D eigenvalue weighted by molar-refractivity contribution is 5.61. The summed E-state index contributed by atoms with van der Waals surface area (Å²) in [5.41, 5.74) is 5.31. The minimum Gasteiger partial charge on any atom is -0.383 e. The molecular weight excluding hydrogens is 256 g/mol. The van der Waals surface area contributed by atoms with E-state index in [1.54, 1.807) is 0 Å². The zero-order valence-electron chi connectivity index (χ0n) is 12.3. The average molecular weight is 278 g/mol. The summed E-state index contributed by atoms with van der Waals surface area (Å²) in [6.07, 6.45) is 7.80. The molecule has 1 unspecified atom stereocenters. The van der Waals surface area contributed by atoms with Gasteiger partial charge in [0.25, 0.3) is 5.56 Å². The lowest BCUT2D eigenvalue weighted by atomic mass is 10.2. The van der Waals surface area contributed by atoms with E-state index in [0.717, 1.165) is 23.8 Å². The number of rotatable bonds is 6. The summed E-state index contributed by atoms with van der Waals surface area (Å²) >= 11 is 0. The summed E-state index contributed by atoms with van der Waals surface area (Å²) in [6, 6.07) is -0.275. The number of nitrogens with one attached hydrogen (secondary N) is 1. The Bertz CT molecular complexity index is 622. The second kappa shape index (κ2) is 6.85. The molecule has 0 aliphatic heterocycles. The SMILES string of the molecule is C#CC(CCC)Nc1c(N)n(CCC)c(=O)n(C)c1=O. The summed E-state index contributed by atoms with van der Waals surface area (Å²) in [7, 11) is 1.44. The zero-order valence-corrected chi connectivity index (χ0v) is 12.3. The number of hydrogen-bond acceptors (Lipinski definition) is 4. The number of nitrogen functional groups attached to an aromatic ring is 1. The van der Waals surface area contributed by atoms with Crippen LogP contribution in [0.2, 0.25) is 0 Å². The predicted octanol–water partition coefficient (Wildman–Crippen LogP) is 0.753. The topological polar surface area (TPSA) is 82.0 Å². The summed E-state index contributed by atoms with van der Waals surface area (Å²) in [4.78, 5) is 24.2. The molecule has 0 bridgehead atoms. The average Bonchev–Trinajstić information content (AvgIpc) is 2.44. The standard InChI is InChI=1S/C14H22N4O2/c1-5-8-10(7-3)16-11-12(15)18(9-6-2)14(20)17(4)13(11)19/h3,10,16H,5-6,8-9,15H2,1-2,4H3. The van der Waals surface area contributed by atoms with Gasteiger partial charge in [-0.05, 0) is 12.8 Å². The molecule has 0 aliphatic rings. The third kappa shape index (κ3) is 3.05. The summed E-state index contributed by atoms with van der Waals surface area (Å²) in [5.74, 6) is 2.74. The van der Waals surface area contributed by atoms with Crippen LogP contribution in [0.4, 0.5) is 11.5 Å². The number of terminal acetylenes is 1. The Morgan fingerprint density at radius 1 is 1.35 bits per heavy atom. The van der Waals surface area contributed by atoms with E-state index in [4.69, 9.17) is 12.2 Å². The molecule has 20 heavy (non-hydrogen) atoms. The van der Waals surface area contributed by atoms with E-state index in [0.29, 0.717) is 6.54 Å². The van der Waals surface area contributed by atoms with E-state index in [9.17, 15) is 9.59 Å². The highest BCUT2D eigenvalue weighted by Gasteiger charge is 2.16. The van der Waals surface area contributed by atoms with Crippen LogP contribution in [0.15, 0.2) is 9.59 Å². The molecule has 0 aliphatic carbocycles. The summed E-state index contributed by atoms with van der Waals surface area (Å²) in [6.45, 7) is 4.40. The van der Waals surface area contributed by atoms with Gasteiger partial charge in [-0.3, -0.25) is 13.9 Å². The lowest BCUT2D eigenvalue weighted by molar-refractivity contribution is 0.599. The maximum Gasteiger partial charge on any atom is 0.332 e. The van der Waals surface area contributed by atoms with E-state index < -0.39 is 11.2 Å². The van der Waals surface area contributed by atoms with Crippen molar-refractivity contribution in [2.75, 3.05) is 11.1 Å². The first-order valence-electron chi connectivity index (χ1n) is 6.79. The smallest absolute Gasteiger partial charge is 0.332 e. The molecule has 6 nitrogen and oxygen atoms in total. The first-order chi connectivity index (χ1) is 9.47. The molecule has 1 atom stereocenters. The fourth-order valence-corrected chi connectivity index (χ4v) is 2.02. The molecule has 1 aromatic heterocycles. The van der Waals surface area contributed by atoms with Crippen LogP contribution < -0.4 is 22.3 Å². The van der Waals surface area contributed by atoms with Gasteiger partial charge in [0.2, 0.25) is 0 Å². The van der Waals surface area contributed by atoms with Gasteiger partial charge in [0, 0.05) is 13.6 Å². The molecular formula is C14H22N4O2. The van der Waals surface area contributed by atoms with Gasteiger partial charge >= 0.3 is 5.69 Å². The highest BCUT2D eigenvalue weighted by atomic mass is 16.2. The second-order valence-electron chi connectivity index (χ2n) is 4.71. The molecule has 1 rings (SSSR count). The van der Waals surface area contributed by atoms with Crippen LogP contribution in [0.3, 0.4) is 0 Å². The van der Waals surface area contributed by atoms with Crippen LogP contribution in [-0.2, 0) is 13.6 Å². The molecule has 3 N–H and O–H groups in total. The van der Waals surface area contributed by atoms with Crippen molar-refractivity contribution < 1.29 is 0 Å². The molecule has 0 aromatic carbocycles. The van der Waals surface area contributed by atoms with Gasteiger partial charge < -0.3 is 11.1 Å². The molecule has 0 saturated heterocycles. The van der Waals surface area contributed by atoms with Gasteiger partial charge in [-0.25, -0.2) is 4.79 Å². The van der Waals surface area contributed by atoms with Crippen LogP contribution in [0.5, 0.6) is 0 Å². The minimum absolute atomic E-state index is 0.149. The van der Waals surface area contributed by atoms with Gasteiger partial charge in [0.15, 0.2) is 0 Å². The first kappa shape index (κ1) is 15.9. The third-order valence-electron chi connectivity index (χ3n) is 3.13. The van der Waals surface area contributed by atoms with Crippen LogP contribution >= 0.6 is 0 Å². The van der Waals surface area contributed by atoms with Crippen LogP contribution in [0, 0.1) is 12.3 Å². The number of anilines is 2. The molecule has 0 radical (unpaired) electrons. The van der Waals surface area contributed by atoms with E-state index in [1.165, 1.54) is 11.6 Å². The summed E-state index contributed by atoms with van der Waals surface area (Å²) < 4.78 is 2.44. The van der Waals surface area contributed by atoms with E-state index in [-0.39, 0.29) is 17.5 Å². The van der Waals surface area contributed by atoms with Crippen LogP contribution in [0.1, 0.15) is 33.1 Å². The van der Waals surface area contributed by atoms with Crippen molar-refractivity contribution in [3.05, 3.63) is 20.8 Å². The number of nitrogens with zero attached hydrogens (tertiary/aromatic N) is 2. The van der Waals surface area contributed by atoms with Gasteiger partial charge in [0.05, 0.1) is 6.04 Å². The highest BCUT2D eigenvalue weighted by Crippen LogP contribution is 2.13. The Hall–Kier alpha value is -2.16. The predicted molar refractivity (Wildman–Crippen MR) is 81.8 cm³/mol. The molecule has 1 heterocycles. The van der Waals surface area contributed by atoms with Crippen LogP contribution in [0.25, 0.3) is 0 Å². The maximum absolute atomic E-state index is 12.2. The van der Waals surface area contributed by atoms with Crippen molar-refractivity contribution in [2.24, 2.45) is 7.05 Å². The Kier molecular flexibility index (Phi) is 5.44. The van der Waals surface area contributed by atoms with E-state index in [1.807, 2.05) is 13.8 Å². The van der Waals surface area contributed by atoms with Crippen LogP contribution in [-0.4, -0.2) is 15.2 Å². The Morgan fingerprint density at radius 2 is 2.00 bits per heavy atom. The van der Waals surface area contributed by atoms with Crippen molar-refractivity contribution in [1.82, 2.24) is 9.13 Å². The summed E-state index contributed by atoms with van der Waals surface area (Å²) in [5, 5.41) is 2.98. The van der Waals surface area contributed by atoms with Crippen molar-refractivity contribution in [3.63, 3.8) is 0 Å². The monoisotopic (exact) mass is 278 g/mol. The fourth-order valence-electron chi connectivity index (χ4n) is 2.02. The number of aromatic nitrogens is 2.